The molecule has 1 aliphatic heterocycles. The van der Waals surface area contributed by atoms with Crippen molar-refractivity contribution in [2.75, 3.05) is 13.1 Å². The maximum atomic E-state index is 13.1. The number of nitrogens with zero attached hydrogens (tertiary/aromatic N) is 3. The lowest BCUT2D eigenvalue weighted by molar-refractivity contribution is 0.0697. The fraction of sp³-hybridized carbons (Fsp3) is 0.250. The van der Waals surface area contributed by atoms with Gasteiger partial charge in [-0.2, -0.15) is 0 Å². The number of oxazole rings is 1. The van der Waals surface area contributed by atoms with Crippen LogP contribution in [0, 0.1) is 0 Å². The third kappa shape index (κ3) is 5.37. The Morgan fingerprint density at radius 2 is 1.82 bits per heavy atom. The number of piperidine rings is 1. The average Bonchev–Trinajstić information content (AvgIpc) is 3.33. The van der Waals surface area contributed by atoms with Gasteiger partial charge in [-0.3, -0.25) is 9.78 Å². The largest absolute Gasteiger partial charge is 0.445 e. The summed E-state index contributed by atoms with van der Waals surface area (Å²) in [5.41, 5.74) is 3.85. The van der Waals surface area contributed by atoms with E-state index in [0.717, 1.165) is 42.8 Å². The van der Waals surface area contributed by atoms with Gasteiger partial charge in [0.15, 0.2) is 5.89 Å². The number of halogens is 1. The van der Waals surface area contributed by atoms with Gasteiger partial charge in [-0.15, -0.1) is 0 Å². The molecule has 5 rings (SSSR count). The van der Waals surface area contributed by atoms with Crippen molar-refractivity contribution in [3.63, 3.8) is 0 Å². The molecule has 4 aromatic rings. The van der Waals surface area contributed by atoms with Gasteiger partial charge >= 0.3 is 0 Å². The maximum Gasteiger partial charge on any atom is 0.255 e. The summed E-state index contributed by atoms with van der Waals surface area (Å²) in [6, 6.07) is 21.8. The highest BCUT2D eigenvalue weighted by Crippen LogP contribution is 2.28. The van der Waals surface area contributed by atoms with Crippen molar-refractivity contribution in [1.82, 2.24) is 14.9 Å². The molecule has 2 aromatic carbocycles. The minimum Gasteiger partial charge on any atom is -0.445 e. The van der Waals surface area contributed by atoms with Crippen LogP contribution in [0.1, 0.15) is 57.6 Å². The molecule has 1 atom stereocenters. The van der Waals surface area contributed by atoms with E-state index in [1.807, 2.05) is 59.5 Å². The van der Waals surface area contributed by atoms with Gasteiger partial charge in [0.2, 0.25) is 0 Å². The van der Waals surface area contributed by atoms with Gasteiger partial charge in [0.05, 0.1) is 17.7 Å². The summed E-state index contributed by atoms with van der Waals surface area (Å²) in [7, 11) is 0. The van der Waals surface area contributed by atoms with E-state index < -0.39 is 0 Å². The minimum atomic E-state index is 0.00849. The Morgan fingerprint density at radius 3 is 2.62 bits per heavy atom. The lowest BCUT2D eigenvalue weighted by Crippen LogP contribution is -2.39. The van der Waals surface area contributed by atoms with Gasteiger partial charge in [0.1, 0.15) is 5.76 Å². The topological polar surface area (TPSA) is 59.2 Å². The van der Waals surface area contributed by atoms with Crippen molar-refractivity contribution in [3.8, 4) is 0 Å². The number of carbonyl (C=O) groups is 1. The Hall–Kier alpha value is -3.44. The summed E-state index contributed by atoms with van der Waals surface area (Å²) in [4.78, 5) is 24.1. The highest BCUT2D eigenvalue weighted by Gasteiger charge is 2.28. The third-order valence-corrected chi connectivity index (χ3v) is 6.43. The molecule has 5 nitrogen and oxygen atoms in total. The van der Waals surface area contributed by atoms with Crippen LogP contribution in [-0.4, -0.2) is 33.9 Å². The fourth-order valence-corrected chi connectivity index (χ4v) is 4.66. The number of aromatic nitrogens is 2. The molecule has 1 fully saturated rings. The van der Waals surface area contributed by atoms with E-state index in [9.17, 15) is 4.79 Å². The molecule has 0 bridgehead atoms. The summed E-state index contributed by atoms with van der Waals surface area (Å²) in [6.07, 6.45) is 6.74. The molecule has 1 saturated heterocycles. The first-order chi connectivity index (χ1) is 16.6. The Kier molecular flexibility index (Phi) is 6.72. The number of hydrogen-bond acceptors (Lipinski definition) is 4. The smallest absolute Gasteiger partial charge is 0.255 e. The van der Waals surface area contributed by atoms with Crippen molar-refractivity contribution in [2.45, 2.75) is 31.6 Å². The van der Waals surface area contributed by atoms with Crippen LogP contribution in [0.4, 0.5) is 0 Å². The number of rotatable bonds is 6. The van der Waals surface area contributed by atoms with Gasteiger partial charge in [0.25, 0.3) is 5.91 Å². The van der Waals surface area contributed by atoms with Gasteiger partial charge in [-0.1, -0.05) is 54.1 Å². The van der Waals surface area contributed by atoms with Gasteiger partial charge < -0.3 is 9.32 Å². The van der Waals surface area contributed by atoms with Crippen LogP contribution in [0.5, 0.6) is 0 Å². The zero-order chi connectivity index (χ0) is 23.3. The molecule has 1 amide bonds. The lowest BCUT2D eigenvalue weighted by atomic mass is 9.97. The number of amides is 1. The molecule has 0 aliphatic carbocycles. The van der Waals surface area contributed by atoms with Crippen LogP contribution >= 0.6 is 11.6 Å². The third-order valence-electron chi connectivity index (χ3n) is 6.20. The number of likely N-dealkylation sites (tertiary alicyclic amines) is 1. The molecular weight excluding hydrogens is 446 g/mol. The second-order valence-corrected chi connectivity index (χ2v) is 9.20. The minimum absolute atomic E-state index is 0.00849. The normalized spacial score (nSPS) is 15.9. The molecule has 0 radical (unpaired) electrons. The number of pyridine rings is 1. The second-order valence-electron chi connectivity index (χ2n) is 8.76. The molecule has 172 valence electrons. The van der Waals surface area contributed by atoms with Crippen LogP contribution in [-0.2, 0) is 12.8 Å². The highest BCUT2D eigenvalue weighted by atomic mass is 35.5. The lowest BCUT2D eigenvalue weighted by Gasteiger charge is -2.31. The Bertz CT molecular complexity index is 1250. The summed E-state index contributed by atoms with van der Waals surface area (Å²) in [5.74, 6) is 1.61. The summed E-state index contributed by atoms with van der Waals surface area (Å²) >= 11 is 6.09. The van der Waals surface area contributed by atoms with E-state index in [2.05, 4.69) is 22.1 Å². The van der Waals surface area contributed by atoms with E-state index in [0.29, 0.717) is 29.4 Å². The quantitative estimate of drug-likeness (QED) is 0.350. The first kappa shape index (κ1) is 22.4. The Balaban J connectivity index is 1.22. The van der Waals surface area contributed by atoms with Crippen LogP contribution in [0.25, 0.3) is 0 Å². The van der Waals surface area contributed by atoms with Crippen molar-refractivity contribution in [1.29, 1.82) is 0 Å². The molecule has 0 spiro atoms. The molecule has 3 heterocycles. The first-order valence-electron chi connectivity index (χ1n) is 11.6. The molecule has 6 heteroatoms. The molecule has 0 N–H and O–H groups in total. The van der Waals surface area contributed by atoms with Crippen LogP contribution in [0.15, 0.2) is 83.5 Å². The van der Waals surface area contributed by atoms with E-state index in [1.54, 1.807) is 12.4 Å². The van der Waals surface area contributed by atoms with E-state index in [4.69, 9.17) is 16.0 Å². The van der Waals surface area contributed by atoms with Crippen LogP contribution < -0.4 is 0 Å². The summed E-state index contributed by atoms with van der Waals surface area (Å²) in [6.45, 7) is 1.33. The van der Waals surface area contributed by atoms with Crippen LogP contribution in [0.2, 0.25) is 5.02 Å². The summed E-state index contributed by atoms with van der Waals surface area (Å²) in [5, 5.41) is 0.710. The fourth-order valence-electron chi connectivity index (χ4n) is 4.45. The standard InChI is InChI=1S/C28H26ClN3O2/c29-24-10-4-8-21(14-24)16-26-18-31-27(34-26)23-9-5-13-32(19-23)28(33)22-11-12-25(30-17-22)15-20-6-2-1-3-7-20/h1-4,6-8,10-12,14,17-18,23H,5,9,13,15-16,19H2. The van der Waals surface area contributed by atoms with Gasteiger partial charge in [-0.05, 0) is 48.2 Å². The summed E-state index contributed by atoms with van der Waals surface area (Å²) < 4.78 is 6.07. The predicted octanol–water partition coefficient (Wildman–Crippen LogP) is 5.92. The molecule has 1 aliphatic rings. The van der Waals surface area contributed by atoms with Gasteiger partial charge in [0, 0.05) is 42.8 Å². The highest BCUT2D eigenvalue weighted by molar-refractivity contribution is 6.30. The van der Waals surface area contributed by atoms with Crippen LogP contribution in [0.3, 0.4) is 0 Å². The number of carbonyl (C=O) groups excluding carboxylic acids is 1. The number of hydrogen-bond donors (Lipinski definition) is 0. The monoisotopic (exact) mass is 471 g/mol. The maximum absolute atomic E-state index is 13.1. The number of benzene rings is 2. The van der Waals surface area contributed by atoms with Crippen molar-refractivity contribution >= 4 is 17.5 Å². The van der Waals surface area contributed by atoms with Gasteiger partial charge in [-0.25, -0.2) is 4.98 Å². The van der Waals surface area contributed by atoms with E-state index >= 15 is 0 Å². The average molecular weight is 472 g/mol. The Labute approximate surface area is 204 Å². The predicted molar refractivity (Wildman–Crippen MR) is 132 cm³/mol. The molecule has 1 unspecified atom stereocenters. The van der Waals surface area contributed by atoms with Crippen molar-refractivity contribution in [3.05, 3.63) is 118 Å². The second kappa shape index (κ2) is 10.2. The molecule has 34 heavy (non-hydrogen) atoms. The van der Waals surface area contributed by atoms with Crippen molar-refractivity contribution < 1.29 is 9.21 Å². The van der Waals surface area contributed by atoms with Crippen molar-refractivity contribution in [2.24, 2.45) is 0 Å². The first-order valence-corrected chi connectivity index (χ1v) is 12.0. The SMILES string of the molecule is O=C(c1ccc(Cc2ccccc2)nc1)N1CCCC(c2ncc(Cc3cccc(Cl)c3)o2)C1. The van der Waals surface area contributed by atoms with E-state index in [-0.39, 0.29) is 11.8 Å². The van der Waals surface area contributed by atoms with E-state index in [1.165, 1.54) is 5.56 Å². The zero-order valence-corrected chi connectivity index (χ0v) is 19.6. The Morgan fingerprint density at radius 1 is 0.971 bits per heavy atom. The molecular formula is C28H26ClN3O2. The molecule has 2 aromatic heterocycles. The molecule has 0 saturated carbocycles. The zero-order valence-electron chi connectivity index (χ0n) is 18.9.